The first-order valence-electron chi connectivity index (χ1n) is 9.73. The standard InChI is InChI=1S/C20H28N4O2/c21-20(26)22-10-19(25)23-11-14-9-16(13-23)18-8-4-7-17(24(18)12-14)15-5-2-1-3-6-15/h1-3,5-6,14,16-18H,4,7-13H2,(H3,21,22,26)/t14-,16+,17+,18-/m0/s1. The molecule has 6 heteroatoms. The maximum atomic E-state index is 12.4. The van der Waals surface area contributed by atoms with Gasteiger partial charge in [0, 0.05) is 31.7 Å². The average Bonchev–Trinajstić information content (AvgIpc) is 2.66. The van der Waals surface area contributed by atoms with Crippen molar-refractivity contribution in [1.29, 1.82) is 0 Å². The molecule has 3 fully saturated rings. The van der Waals surface area contributed by atoms with Crippen LogP contribution in [-0.4, -0.2) is 54.0 Å². The lowest BCUT2D eigenvalue weighted by Crippen LogP contribution is -2.61. The number of hydrogen-bond donors (Lipinski definition) is 2. The number of amides is 3. The molecule has 3 heterocycles. The van der Waals surface area contributed by atoms with E-state index in [1.54, 1.807) is 0 Å². The summed E-state index contributed by atoms with van der Waals surface area (Å²) in [6, 6.07) is 11.3. The molecule has 4 atom stereocenters. The topological polar surface area (TPSA) is 78.7 Å². The zero-order chi connectivity index (χ0) is 18.1. The summed E-state index contributed by atoms with van der Waals surface area (Å²) < 4.78 is 0. The minimum Gasteiger partial charge on any atom is -0.352 e. The summed E-state index contributed by atoms with van der Waals surface area (Å²) in [6.45, 7) is 2.67. The molecule has 3 amide bonds. The van der Waals surface area contributed by atoms with E-state index < -0.39 is 6.03 Å². The normalized spacial score (nSPS) is 31.2. The van der Waals surface area contributed by atoms with Gasteiger partial charge in [-0.3, -0.25) is 9.69 Å². The van der Waals surface area contributed by atoms with E-state index >= 15 is 0 Å². The lowest BCUT2D eigenvalue weighted by molar-refractivity contribution is -0.137. The second-order valence-electron chi connectivity index (χ2n) is 8.00. The van der Waals surface area contributed by atoms with Gasteiger partial charge in [-0.2, -0.15) is 0 Å². The minimum absolute atomic E-state index is 0.00972. The molecule has 0 spiro atoms. The van der Waals surface area contributed by atoms with Crippen LogP contribution in [0.1, 0.15) is 37.3 Å². The van der Waals surface area contributed by atoms with E-state index in [4.69, 9.17) is 5.73 Å². The number of primary amides is 1. The van der Waals surface area contributed by atoms with Gasteiger partial charge in [-0.15, -0.1) is 0 Å². The van der Waals surface area contributed by atoms with Crippen molar-refractivity contribution in [3.63, 3.8) is 0 Å². The molecular weight excluding hydrogens is 328 g/mol. The van der Waals surface area contributed by atoms with Crippen molar-refractivity contribution in [2.45, 2.75) is 37.8 Å². The minimum atomic E-state index is -0.639. The second-order valence-corrected chi connectivity index (χ2v) is 8.00. The SMILES string of the molecule is NC(=O)NCC(=O)N1C[C@@H]2C[C@H](C1)[C@@H]1CCC[C@H](c3ccccc3)N1C2. The Bertz CT molecular complexity index is 665. The van der Waals surface area contributed by atoms with Crippen LogP contribution in [0.2, 0.25) is 0 Å². The first kappa shape index (κ1) is 17.3. The number of carbonyl (C=O) groups is 2. The molecule has 6 nitrogen and oxygen atoms in total. The first-order valence-corrected chi connectivity index (χ1v) is 9.73. The second kappa shape index (κ2) is 7.27. The quantitative estimate of drug-likeness (QED) is 0.866. The predicted octanol–water partition coefficient (Wildman–Crippen LogP) is 1.73. The molecule has 26 heavy (non-hydrogen) atoms. The fourth-order valence-electron chi connectivity index (χ4n) is 5.32. The van der Waals surface area contributed by atoms with E-state index in [-0.39, 0.29) is 12.5 Å². The van der Waals surface area contributed by atoms with Gasteiger partial charge in [-0.25, -0.2) is 4.79 Å². The van der Waals surface area contributed by atoms with Gasteiger partial charge in [-0.1, -0.05) is 30.3 Å². The Labute approximate surface area is 154 Å². The van der Waals surface area contributed by atoms with Crippen molar-refractivity contribution in [3.8, 4) is 0 Å². The van der Waals surface area contributed by atoms with E-state index in [1.165, 1.54) is 31.2 Å². The van der Waals surface area contributed by atoms with E-state index in [0.29, 0.717) is 23.9 Å². The highest BCUT2D eigenvalue weighted by atomic mass is 16.2. The highest BCUT2D eigenvalue weighted by Gasteiger charge is 2.45. The number of piperidine rings is 3. The highest BCUT2D eigenvalue weighted by Crippen LogP contribution is 2.44. The Morgan fingerprint density at radius 3 is 2.69 bits per heavy atom. The van der Waals surface area contributed by atoms with E-state index in [2.05, 4.69) is 40.5 Å². The number of nitrogens with zero attached hydrogens (tertiary/aromatic N) is 2. The van der Waals surface area contributed by atoms with Gasteiger partial charge < -0.3 is 16.0 Å². The third kappa shape index (κ3) is 3.43. The predicted molar refractivity (Wildman–Crippen MR) is 99.3 cm³/mol. The summed E-state index contributed by atoms with van der Waals surface area (Å²) in [6.07, 6.45) is 4.92. The summed E-state index contributed by atoms with van der Waals surface area (Å²) in [5.41, 5.74) is 6.52. The van der Waals surface area contributed by atoms with Crippen molar-refractivity contribution < 1.29 is 9.59 Å². The van der Waals surface area contributed by atoms with Gasteiger partial charge in [0.1, 0.15) is 0 Å². The van der Waals surface area contributed by atoms with Crippen LogP contribution in [0.5, 0.6) is 0 Å². The molecule has 1 aromatic carbocycles. The summed E-state index contributed by atoms with van der Waals surface area (Å²) in [5.74, 6) is 1.04. The Kier molecular flexibility index (Phi) is 4.85. The number of hydrogen-bond acceptors (Lipinski definition) is 3. The monoisotopic (exact) mass is 356 g/mol. The number of rotatable bonds is 3. The zero-order valence-electron chi connectivity index (χ0n) is 15.1. The number of fused-ring (bicyclic) bond motifs is 4. The van der Waals surface area contributed by atoms with Crippen LogP contribution in [0, 0.1) is 11.8 Å². The molecular formula is C20H28N4O2. The smallest absolute Gasteiger partial charge is 0.312 e. The highest BCUT2D eigenvalue weighted by molar-refractivity contribution is 5.83. The number of benzene rings is 1. The van der Waals surface area contributed by atoms with Crippen LogP contribution >= 0.6 is 0 Å². The molecule has 3 aliphatic rings. The van der Waals surface area contributed by atoms with Gasteiger partial charge in [0.15, 0.2) is 0 Å². The van der Waals surface area contributed by atoms with Gasteiger partial charge in [0.25, 0.3) is 0 Å². The third-order valence-electron chi connectivity index (χ3n) is 6.34. The molecule has 0 saturated carbocycles. The molecule has 3 N–H and O–H groups in total. The van der Waals surface area contributed by atoms with Gasteiger partial charge in [-0.05, 0) is 43.1 Å². The van der Waals surface area contributed by atoms with E-state index in [1.807, 2.05) is 4.90 Å². The van der Waals surface area contributed by atoms with Crippen molar-refractivity contribution >= 4 is 11.9 Å². The van der Waals surface area contributed by atoms with Gasteiger partial charge in [0.2, 0.25) is 5.91 Å². The van der Waals surface area contributed by atoms with Crippen LogP contribution in [0.15, 0.2) is 30.3 Å². The van der Waals surface area contributed by atoms with Crippen LogP contribution < -0.4 is 11.1 Å². The summed E-state index contributed by atoms with van der Waals surface area (Å²) in [5, 5.41) is 2.43. The lowest BCUT2D eigenvalue weighted by atomic mass is 9.74. The largest absolute Gasteiger partial charge is 0.352 e. The Morgan fingerprint density at radius 1 is 1.12 bits per heavy atom. The summed E-state index contributed by atoms with van der Waals surface area (Å²) in [4.78, 5) is 28.0. The fourth-order valence-corrected chi connectivity index (χ4v) is 5.32. The van der Waals surface area contributed by atoms with Gasteiger partial charge >= 0.3 is 6.03 Å². The summed E-state index contributed by atoms with van der Waals surface area (Å²) in [7, 11) is 0. The van der Waals surface area contributed by atoms with Crippen LogP contribution in [0.3, 0.4) is 0 Å². The Hall–Kier alpha value is -2.08. The number of carbonyl (C=O) groups excluding carboxylic acids is 2. The van der Waals surface area contributed by atoms with Crippen LogP contribution in [0.4, 0.5) is 4.79 Å². The number of nitrogens with two attached hydrogens (primary N) is 1. The number of urea groups is 1. The Morgan fingerprint density at radius 2 is 1.92 bits per heavy atom. The maximum Gasteiger partial charge on any atom is 0.312 e. The zero-order valence-corrected chi connectivity index (χ0v) is 15.1. The molecule has 0 aromatic heterocycles. The van der Waals surface area contributed by atoms with Crippen LogP contribution in [0.25, 0.3) is 0 Å². The fraction of sp³-hybridized carbons (Fsp3) is 0.600. The molecule has 140 valence electrons. The van der Waals surface area contributed by atoms with Gasteiger partial charge in [0.05, 0.1) is 6.54 Å². The first-order chi connectivity index (χ1) is 12.6. The molecule has 0 aliphatic carbocycles. The molecule has 2 bridgehead atoms. The van der Waals surface area contributed by atoms with E-state index in [0.717, 1.165) is 19.6 Å². The average molecular weight is 356 g/mol. The Balaban J connectivity index is 1.47. The summed E-state index contributed by atoms with van der Waals surface area (Å²) >= 11 is 0. The number of likely N-dealkylation sites (tertiary alicyclic amines) is 1. The molecule has 1 aromatic rings. The van der Waals surface area contributed by atoms with Crippen molar-refractivity contribution in [1.82, 2.24) is 15.1 Å². The molecule has 3 saturated heterocycles. The third-order valence-corrected chi connectivity index (χ3v) is 6.34. The number of nitrogens with one attached hydrogen (secondary N) is 1. The molecule has 3 aliphatic heterocycles. The molecule has 0 unspecified atom stereocenters. The van der Waals surface area contributed by atoms with E-state index in [9.17, 15) is 9.59 Å². The van der Waals surface area contributed by atoms with Crippen LogP contribution in [-0.2, 0) is 4.79 Å². The molecule has 4 rings (SSSR count). The van der Waals surface area contributed by atoms with Crippen molar-refractivity contribution in [3.05, 3.63) is 35.9 Å². The lowest BCUT2D eigenvalue weighted by Gasteiger charge is -2.55. The molecule has 0 radical (unpaired) electrons. The van der Waals surface area contributed by atoms with Crippen molar-refractivity contribution in [2.24, 2.45) is 17.6 Å². The van der Waals surface area contributed by atoms with Crippen molar-refractivity contribution in [2.75, 3.05) is 26.2 Å². The maximum absolute atomic E-state index is 12.4.